The second kappa shape index (κ2) is 2.46. The van der Waals surface area contributed by atoms with Crippen molar-refractivity contribution < 1.29 is 9.47 Å². The minimum absolute atomic E-state index is 0.343. The van der Waals surface area contributed by atoms with Crippen LogP contribution < -0.4 is 0 Å². The van der Waals surface area contributed by atoms with Crippen LogP contribution in [0.15, 0.2) is 0 Å². The van der Waals surface area contributed by atoms with Gasteiger partial charge in [0.15, 0.2) is 0 Å². The van der Waals surface area contributed by atoms with Crippen molar-refractivity contribution in [3.63, 3.8) is 0 Å². The van der Waals surface area contributed by atoms with Crippen LogP contribution in [0.2, 0.25) is 0 Å². The summed E-state index contributed by atoms with van der Waals surface area (Å²) in [5.41, 5.74) is 0. The lowest BCUT2D eigenvalue weighted by molar-refractivity contribution is 0.0697. The average Bonchev–Trinajstić information content (AvgIpc) is 2.14. The van der Waals surface area contributed by atoms with Crippen LogP contribution in [0.5, 0.6) is 0 Å². The minimum atomic E-state index is 0.343. The third-order valence-corrected chi connectivity index (χ3v) is 1.60. The first-order valence-electron chi connectivity index (χ1n) is 2.95. The van der Waals surface area contributed by atoms with Crippen molar-refractivity contribution in [2.45, 2.75) is 13.0 Å². The molecule has 1 fully saturated rings. The van der Waals surface area contributed by atoms with E-state index in [1.807, 2.05) is 0 Å². The Morgan fingerprint density at radius 2 is 2.25 bits per heavy atom. The highest BCUT2D eigenvalue weighted by atomic mass is 16.5. The molecule has 2 nitrogen and oxygen atoms in total. The molecule has 0 amide bonds. The van der Waals surface area contributed by atoms with Gasteiger partial charge in [0.2, 0.25) is 0 Å². The van der Waals surface area contributed by atoms with Crippen LogP contribution in [0.1, 0.15) is 6.92 Å². The van der Waals surface area contributed by atoms with Crippen molar-refractivity contribution in [1.29, 1.82) is 0 Å². The Kier molecular flexibility index (Phi) is 1.86. The second-order valence-electron chi connectivity index (χ2n) is 2.29. The van der Waals surface area contributed by atoms with Gasteiger partial charge in [0.1, 0.15) is 0 Å². The molecular weight excluding hydrogens is 104 g/mol. The van der Waals surface area contributed by atoms with Gasteiger partial charge in [-0.1, -0.05) is 6.92 Å². The highest BCUT2D eigenvalue weighted by Crippen LogP contribution is 2.14. The van der Waals surface area contributed by atoms with Crippen molar-refractivity contribution in [3.05, 3.63) is 0 Å². The first kappa shape index (κ1) is 6.05. The van der Waals surface area contributed by atoms with Crippen molar-refractivity contribution >= 4 is 0 Å². The van der Waals surface area contributed by atoms with Crippen LogP contribution in [-0.4, -0.2) is 26.4 Å². The van der Waals surface area contributed by atoms with Gasteiger partial charge in [0, 0.05) is 13.0 Å². The summed E-state index contributed by atoms with van der Waals surface area (Å²) in [6.07, 6.45) is 0.343. The lowest BCUT2D eigenvalue weighted by atomic mass is 10.1. The predicted octanol–water partition coefficient (Wildman–Crippen LogP) is 0.668. The molecule has 0 bridgehead atoms. The van der Waals surface area contributed by atoms with E-state index >= 15 is 0 Å². The molecule has 0 saturated carbocycles. The zero-order valence-electron chi connectivity index (χ0n) is 5.39. The SMILES string of the molecule is CO[C@@H]1COCC1C. The quantitative estimate of drug-likeness (QED) is 0.501. The maximum absolute atomic E-state index is 5.14. The second-order valence-corrected chi connectivity index (χ2v) is 2.29. The molecule has 1 unspecified atom stereocenters. The van der Waals surface area contributed by atoms with Gasteiger partial charge in [-0.05, 0) is 0 Å². The minimum Gasteiger partial charge on any atom is -0.379 e. The van der Waals surface area contributed by atoms with Gasteiger partial charge in [-0.3, -0.25) is 0 Å². The summed E-state index contributed by atoms with van der Waals surface area (Å²) in [7, 11) is 1.73. The van der Waals surface area contributed by atoms with Gasteiger partial charge in [0.05, 0.1) is 19.3 Å². The van der Waals surface area contributed by atoms with Crippen LogP contribution in [0.4, 0.5) is 0 Å². The van der Waals surface area contributed by atoms with Crippen LogP contribution in [0.3, 0.4) is 0 Å². The van der Waals surface area contributed by atoms with E-state index in [-0.39, 0.29) is 0 Å². The van der Waals surface area contributed by atoms with E-state index in [1.54, 1.807) is 7.11 Å². The summed E-state index contributed by atoms with van der Waals surface area (Å²) in [5.74, 6) is 0.583. The fourth-order valence-electron chi connectivity index (χ4n) is 0.942. The molecule has 0 aromatic carbocycles. The number of rotatable bonds is 1. The van der Waals surface area contributed by atoms with E-state index in [0.29, 0.717) is 12.0 Å². The lowest BCUT2D eigenvalue weighted by Gasteiger charge is -2.08. The van der Waals surface area contributed by atoms with Gasteiger partial charge >= 0.3 is 0 Å². The largest absolute Gasteiger partial charge is 0.379 e. The molecule has 1 aliphatic heterocycles. The molecule has 1 saturated heterocycles. The molecule has 48 valence electrons. The molecule has 0 radical (unpaired) electrons. The lowest BCUT2D eigenvalue weighted by Crippen LogP contribution is -2.17. The van der Waals surface area contributed by atoms with Crippen molar-refractivity contribution in [2.75, 3.05) is 20.3 Å². The Bertz CT molecular complexity index is 72.9. The summed E-state index contributed by atoms with van der Waals surface area (Å²) < 4.78 is 10.2. The van der Waals surface area contributed by atoms with Gasteiger partial charge in [-0.2, -0.15) is 0 Å². The van der Waals surface area contributed by atoms with E-state index < -0.39 is 0 Å². The predicted molar refractivity (Wildman–Crippen MR) is 30.8 cm³/mol. The molecule has 0 aliphatic carbocycles. The van der Waals surface area contributed by atoms with Crippen molar-refractivity contribution in [1.82, 2.24) is 0 Å². The number of hydrogen-bond acceptors (Lipinski definition) is 2. The maximum Gasteiger partial charge on any atom is 0.0852 e. The van der Waals surface area contributed by atoms with E-state index in [4.69, 9.17) is 9.47 Å². The van der Waals surface area contributed by atoms with Crippen LogP contribution in [0, 0.1) is 5.92 Å². The van der Waals surface area contributed by atoms with E-state index in [0.717, 1.165) is 13.2 Å². The van der Waals surface area contributed by atoms with E-state index in [2.05, 4.69) is 6.92 Å². The fraction of sp³-hybridized carbons (Fsp3) is 1.00. The van der Waals surface area contributed by atoms with Gasteiger partial charge in [-0.15, -0.1) is 0 Å². The summed E-state index contributed by atoms with van der Waals surface area (Å²) in [6.45, 7) is 3.78. The Balaban J connectivity index is 2.30. The molecule has 1 rings (SSSR count). The maximum atomic E-state index is 5.14. The van der Waals surface area contributed by atoms with Crippen LogP contribution in [0.25, 0.3) is 0 Å². The molecule has 2 heteroatoms. The Morgan fingerprint density at radius 3 is 2.50 bits per heavy atom. The Hall–Kier alpha value is -0.0800. The smallest absolute Gasteiger partial charge is 0.0852 e. The first-order chi connectivity index (χ1) is 3.84. The third kappa shape index (κ3) is 1.01. The fourth-order valence-corrected chi connectivity index (χ4v) is 0.942. The monoisotopic (exact) mass is 116 g/mol. The van der Waals surface area contributed by atoms with E-state index in [1.165, 1.54) is 0 Å². The number of ether oxygens (including phenoxy) is 2. The molecule has 0 aromatic rings. The zero-order valence-corrected chi connectivity index (χ0v) is 5.39. The zero-order chi connectivity index (χ0) is 5.98. The van der Waals surface area contributed by atoms with Crippen LogP contribution >= 0.6 is 0 Å². The Morgan fingerprint density at radius 1 is 1.50 bits per heavy atom. The molecule has 8 heavy (non-hydrogen) atoms. The molecule has 0 N–H and O–H groups in total. The standard InChI is InChI=1S/C6H12O2/c1-5-3-8-4-6(5)7-2/h5-6H,3-4H2,1-2H3/t5?,6-/m1/s1. The van der Waals surface area contributed by atoms with Crippen molar-refractivity contribution in [3.8, 4) is 0 Å². The first-order valence-corrected chi connectivity index (χ1v) is 2.95. The molecule has 1 heterocycles. The van der Waals surface area contributed by atoms with Gasteiger partial charge in [-0.25, -0.2) is 0 Å². The highest BCUT2D eigenvalue weighted by molar-refractivity contribution is 4.70. The molecule has 2 atom stereocenters. The summed E-state index contributed by atoms with van der Waals surface area (Å²) in [5, 5.41) is 0. The summed E-state index contributed by atoms with van der Waals surface area (Å²) in [4.78, 5) is 0. The van der Waals surface area contributed by atoms with E-state index in [9.17, 15) is 0 Å². The highest BCUT2D eigenvalue weighted by Gasteiger charge is 2.22. The molecule has 1 aliphatic rings. The number of hydrogen-bond donors (Lipinski definition) is 0. The number of methoxy groups -OCH3 is 1. The third-order valence-electron chi connectivity index (χ3n) is 1.60. The molecular formula is C6H12O2. The molecule has 0 aromatic heterocycles. The summed E-state index contributed by atoms with van der Waals surface area (Å²) in [6, 6.07) is 0. The topological polar surface area (TPSA) is 18.5 Å². The average molecular weight is 116 g/mol. The normalized spacial score (nSPS) is 38.2. The van der Waals surface area contributed by atoms with Gasteiger partial charge in [0.25, 0.3) is 0 Å². The van der Waals surface area contributed by atoms with Gasteiger partial charge < -0.3 is 9.47 Å². The molecule has 0 spiro atoms. The van der Waals surface area contributed by atoms with Crippen LogP contribution in [-0.2, 0) is 9.47 Å². The Labute approximate surface area is 49.8 Å². The van der Waals surface area contributed by atoms with Crippen molar-refractivity contribution in [2.24, 2.45) is 5.92 Å². The summed E-state index contributed by atoms with van der Waals surface area (Å²) >= 11 is 0.